The summed E-state index contributed by atoms with van der Waals surface area (Å²) in [4.78, 5) is 11.3. The van der Waals surface area contributed by atoms with Crippen LogP contribution >= 0.6 is 11.6 Å². The summed E-state index contributed by atoms with van der Waals surface area (Å²) in [6.07, 6.45) is 0.120. The minimum atomic E-state index is -1.16. The van der Waals surface area contributed by atoms with Gasteiger partial charge in [-0.25, -0.2) is 4.39 Å². The second-order valence-corrected chi connectivity index (χ2v) is 4.27. The molecule has 1 rings (SSSR count). The first-order valence-corrected chi connectivity index (χ1v) is 5.13. The molecule has 0 N–H and O–H groups in total. The number of halogens is 2. The Labute approximate surface area is 98.6 Å². The molecule has 0 heterocycles. The van der Waals surface area contributed by atoms with Crippen LogP contribution in [0.3, 0.4) is 0 Å². The van der Waals surface area contributed by atoms with Crippen LogP contribution in [0.1, 0.15) is 19.4 Å². The van der Waals surface area contributed by atoms with E-state index >= 15 is 0 Å². The number of hydrogen-bond donors (Lipinski definition) is 0. The number of carbonyl (C=O) groups is 1. The van der Waals surface area contributed by atoms with Crippen molar-refractivity contribution in [3.05, 3.63) is 34.6 Å². The molecular formula is C12H11ClFNO. The van der Waals surface area contributed by atoms with Crippen molar-refractivity contribution in [1.82, 2.24) is 0 Å². The van der Waals surface area contributed by atoms with Gasteiger partial charge in [0, 0.05) is 0 Å². The molecule has 2 nitrogen and oxygen atoms in total. The smallest absolute Gasteiger partial charge is 0.150 e. The van der Waals surface area contributed by atoms with E-state index in [2.05, 4.69) is 0 Å². The first kappa shape index (κ1) is 12.7. The van der Waals surface area contributed by atoms with Crippen LogP contribution in [0.25, 0.3) is 0 Å². The van der Waals surface area contributed by atoms with Gasteiger partial charge in [-0.2, -0.15) is 5.26 Å². The van der Waals surface area contributed by atoms with Gasteiger partial charge in [-0.15, -0.1) is 0 Å². The summed E-state index contributed by atoms with van der Waals surface area (Å²) < 4.78 is 13.2. The fourth-order valence-electron chi connectivity index (χ4n) is 1.31. The van der Waals surface area contributed by atoms with E-state index in [9.17, 15) is 9.18 Å². The molecule has 1 unspecified atom stereocenters. The highest BCUT2D eigenvalue weighted by Gasteiger charge is 2.31. The molecule has 0 aliphatic heterocycles. The quantitative estimate of drug-likeness (QED) is 0.813. The Kier molecular flexibility index (Phi) is 3.66. The number of rotatable bonds is 3. The van der Waals surface area contributed by atoms with Crippen molar-refractivity contribution in [2.45, 2.75) is 20.3 Å². The normalized spacial score (nSPS) is 13.9. The molecule has 16 heavy (non-hydrogen) atoms. The molecule has 0 aromatic heterocycles. The summed E-state index contributed by atoms with van der Waals surface area (Å²) in [6, 6.07) is 6.31. The summed E-state index contributed by atoms with van der Waals surface area (Å²) >= 11 is 5.77. The Morgan fingerprint density at radius 1 is 1.62 bits per heavy atom. The summed E-state index contributed by atoms with van der Waals surface area (Å²) in [6.45, 7) is 2.87. The third kappa shape index (κ3) is 2.40. The third-order valence-electron chi connectivity index (χ3n) is 2.60. The van der Waals surface area contributed by atoms with E-state index in [1.54, 1.807) is 6.07 Å². The zero-order valence-corrected chi connectivity index (χ0v) is 9.81. The maximum Gasteiger partial charge on any atom is 0.150 e. The number of benzene rings is 1. The maximum atomic E-state index is 13.2. The Hall–Kier alpha value is -1.40. The van der Waals surface area contributed by atoms with Crippen molar-refractivity contribution >= 4 is 17.4 Å². The Morgan fingerprint density at radius 2 is 2.25 bits per heavy atom. The minimum absolute atomic E-state index is 0.0229. The van der Waals surface area contributed by atoms with Crippen LogP contribution < -0.4 is 0 Å². The molecule has 0 fully saturated rings. The molecule has 1 aromatic rings. The number of ketones is 1. The largest absolute Gasteiger partial charge is 0.298 e. The summed E-state index contributed by atoms with van der Waals surface area (Å²) in [5.41, 5.74) is -0.682. The third-order valence-corrected chi connectivity index (χ3v) is 3.02. The Balaban J connectivity index is 3.10. The van der Waals surface area contributed by atoms with Crippen molar-refractivity contribution in [1.29, 1.82) is 5.26 Å². The Bertz CT molecular complexity index is 467. The average molecular weight is 240 g/mol. The highest BCUT2D eigenvalue weighted by atomic mass is 35.5. The number of carbonyl (C=O) groups excluding carboxylic acids is 1. The minimum Gasteiger partial charge on any atom is -0.298 e. The highest BCUT2D eigenvalue weighted by molar-refractivity contribution is 6.31. The standard InChI is InChI=1S/C12H11ClFNO/c1-8(16)12(2,7-15)6-9-4-3-5-10(14)11(9)13/h3-5H,6H2,1-2H3. The molecule has 0 radical (unpaired) electrons. The van der Waals surface area contributed by atoms with Crippen molar-refractivity contribution in [2.24, 2.45) is 5.41 Å². The number of nitriles is 1. The van der Waals surface area contributed by atoms with E-state index < -0.39 is 11.2 Å². The van der Waals surface area contributed by atoms with Gasteiger partial charge in [-0.05, 0) is 31.9 Å². The van der Waals surface area contributed by atoms with E-state index in [-0.39, 0.29) is 17.2 Å². The SMILES string of the molecule is CC(=O)C(C)(C#N)Cc1cccc(F)c1Cl. The second-order valence-electron chi connectivity index (χ2n) is 3.89. The van der Waals surface area contributed by atoms with E-state index in [1.165, 1.54) is 26.0 Å². The molecule has 0 saturated carbocycles. The maximum absolute atomic E-state index is 13.2. The molecule has 0 amide bonds. The van der Waals surface area contributed by atoms with Gasteiger partial charge in [0.15, 0.2) is 0 Å². The summed E-state index contributed by atoms with van der Waals surface area (Å²) in [5, 5.41) is 8.95. The van der Waals surface area contributed by atoms with E-state index in [0.29, 0.717) is 5.56 Å². The summed E-state index contributed by atoms with van der Waals surface area (Å²) in [7, 11) is 0. The lowest BCUT2D eigenvalue weighted by molar-refractivity contribution is -0.123. The van der Waals surface area contributed by atoms with Crippen molar-refractivity contribution in [3.63, 3.8) is 0 Å². The molecule has 0 bridgehead atoms. The van der Waals surface area contributed by atoms with Crippen LogP contribution in [0.2, 0.25) is 5.02 Å². The molecular weight excluding hydrogens is 229 g/mol. The zero-order chi connectivity index (χ0) is 12.3. The monoisotopic (exact) mass is 239 g/mol. The van der Waals surface area contributed by atoms with E-state index in [1.807, 2.05) is 6.07 Å². The molecule has 0 spiro atoms. The van der Waals surface area contributed by atoms with E-state index in [0.717, 1.165) is 0 Å². The van der Waals surface area contributed by atoms with Gasteiger partial charge >= 0.3 is 0 Å². The molecule has 1 atom stereocenters. The van der Waals surface area contributed by atoms with Gasteiger partial charge in [0.05, 0.1) is 11.1 Å². The number of hydrogen-bond acceptors (Lipinski definition) is 2. The average Bonchev–Trinajstić information content (AvgIpc) is 2.24. The fourth-order valence-corrected chi connectivity index (χ4v) is 1.50. The molecule has 0 aliphatic rings. The lowest BCUT2D eigenvalue weighted by Crippen LogP contribution is -2.26. The van der Waals surface area contributed by atoms with Gasteiger partial charge in [-0.1, -0.05) is 23.7 Å². The van der Waals surface area contributed by atoms with Crippen LogP contribution in [-0.4, -0.2) is 5.78 Å². The molecule has 4 heteroatoms. The molecule has 0 aliphatic carbocycles. The van der Waals surface area contributed by atoms with Crippen molar-refractivity contribution < 1.29 is 9.18 Å². The van der Waals surface area contributed by atoms with Crippen molar-refractivity contribution in [3.8, 4) is 6.07 Å². The number of nitrogens with zero attached hydrogens (tertiary/aromatic N) is 1. The Morgan fingerprint density at radius 3 is 2.75 bits per heavy atom. The first-order chi connectivity index (χ1) is 7.40. The number of Topliss-reactive ketones (excluding diaryl/α,β-unsaturated/α-hetero) is 1. The van der Waals surface area contributed by atoms with Crippen LogP contribution in [-0.2, 0) is 11.2 Å². The van der Waals surface area contributed by atoms with Crippen LogP contribution in [0.15, 0.2) is 18.2 Å². The van der Waals surface area contributed by atoms with Gasteiger partial charge in [-0.3, -0.25) is 4.79 Å². The van der Waals surface area contributed by atoms with Gasteiger partial charge in [0.25, 0.3) is 0 Å². The first-order valence-electron chi connectivity index (χ1n) is 4.76. The van der Waals surface area contributed by atoms with Crippen LogP contribution in [0.4, 0.5) is 4.39 Å². The van der Waals surface area contributed by atoms with Crippen molar-refractivity contribution in [2.75, 3.05) is 0 Å². The fraction of sp³-hybridized carbons (Fsp3) is 0.333. The molecule has 0 saturated heterocycles. The predicted molar refractivity (Wildman–Crippen MR) is 59.5 cm³/mol. The lowest BCUT2D eigenvalue weighted by Gasteiger charge is -2.18. The van der Waals surface area contributed by atoms with Gasteiger partial charge in [0.2, 0.25) is 0 Å². The molecule has 1 aromatic carbocycles. The lowest BCUT2D eigenvalue weighted by atomic mass is 9.82. The zero-order valence-electron chi connectivity index (χ0n) is 9.05. The van der Waals surface area contributed by atoms with E-state index in [4.69, 9.17) is 16.9 Å². The highest BCUT2D eigenvalue weighted by Crippen LogP contribution is 2.28. The topological polar surface area (TPSA) is 40.9 Å². The second kappa shape index (κ2) is 4.63. The predicted octanol–water partition coefficient (Wildman–Crippen LogP) is 3.14. The van der Waals surface area contributed by atoms with Crippen LogP contribution in [0, 0.1) is 22.6 Å². The molecule has 84 valence electrons. The van der Waals surface area contributed by atoms with Crippen LogP contribution in [0.5, 0.6) is 0 Å². The van der Waals surface area contributed by atoms with Gasteiger partial charge in [0.1, 0.15) is 17.0 Å². The van der Waals surface area contributed by atoms with Gasteiger partial charge < -0.3 is 0 Å². The summed E-state index contributed by atoms with van der Waals surface area (Å²) in [5.74, 6) is -0.793.